The van der Waals surface area contributed by atoms with Crippen LogP contribution >= 0.6 is 0 Å². The maximum absolute atomic E-state index is 12.9. The van der Waals surface area contributed by atoms with Crippen molar-refractivity contribution in [2.24, 2.45) is 0 Å². The molecule has 0 saturated carbocycles. The third kappa shape index (κ3) is 2.87. The summed E-state index contributed by atoms with van der Waals surface area (Å²) in [6, 6.07) is 9.25. The molecule has 0 aliphatic carbocycles. The number of amides is 1. The number of morpholine rings is 1. The lowest BCUT2D eigenvalue weighted by atomic mass is 10.0. The number of carbonyl (C=O) groups is 1. The molecule has 0 spiro atoms. The molecule has 1 saturated heterocycles. The molecule has 27 heavy (non-hydrogen) atoms. The molecule has 5 rings (SSSR count). The van der Waals surface area contributed by atoms with E-state index in [0.717, 1.165) is 36.6 Å². The largest absolute Gasteiger partial charge is 0.493 e. The lowest BCUT2D eigenvalue weighted by Crippen LogP contribution is -2.37. The molecule has 1 amide bonds. The van der Waals surface area contributed by atoms with E-state index >= 15 is 0 Å². The van der Waals surface area contributed by atoms with Crippen LogP contribution in [0, 0.1) is 0 Å². The Morgan fingerprint density at radius 1 is 1.15 bits per heavy atom. The van der Waals surface area contributed by atoms with E-state index in [9.17, 15) is 4.79 Å². The van der Waals surface area contributed by atoms with Crippen LogP contribution in [0.4, 0.5) is 11.6 Å². The van der Waals surface area contributed by atoms with E-state index in [1.807, 2.05) is 30.3 Å². The highest BCUT2D eigenvalue weighted by molar-refractivity contribution is 6.05. The number of ether oxygens (including phenoxy) is 2. The number of hydrogen-bond donors (Lipinski definition) is 1. The van der Waals surface area contributed by atoms with E-state index in [0.29, 0.717) is 36.8 Å². The van der Waals surface area contributed by atoms with Gasteiger partial charge in [0.25, 0.3) is 5.91 Å². The highest BCUT2D eigenvalue weighted by atomic mass is 16.5. The van der Waals surface area contributed by atoms with E-state index in [1.54, 1.807) is 10.7 Å². The van der Waals surface area contributed by atoms with Crippen molar-refractivity contribution >= 4 is 23.2 Å². The predicted molar refractivity (Wildman–Crippen MR) is 99.6 cm³/mol. The van der Waals surface area contributed by atoms with E-state index in [4.69, 9.17) is 9.47 Å². The second kappa shape index (κ2) is 6.55. The molecule has 1 aromatic carbocycles. The number of benzene rings is 1. The maximum atomic E-state index is 12.9. The number of nitrogens with zero attached hydrogens (tertiary/aromatic N) is 4. The number of anilines is 2. The van der Waals surface area contributed by atoms with Crippen molar-refractivity contribution in [2.45, 2.75) is 6.42 Å². The van der Waals surface area contributed by atoms with Crippen LogP contribution in [-0.2, 0) is 11.2 Å². The Morgan fingerprint density at radius 3 is 2.93 bits per heavy atom. The van der Waals surface area contributed by atoms with Crippen LogP contribution in [0.2, 0.25) is 0 Å². The minimum absolute atomic E-state index is 0.179. The topological polar surface area (TPSA) is 81.0 Å². The molecule has 2 aliphatic rings. The summed E-state index contributed by atoms with van der Waals surface area (Å²) in [5.74, 6) is 2.01. The highest BCUT2D eigenvalue weighted by Crippen LogP contribution is 2.29. The number of carbonyl (C=O) groups excluding carboxylic acids is 1. The first-order valence-corrected chi connectivity index (χ1v) is 9.03. The standard InChI is InChI=1S/C19H19N5O3/c25-19(14-2-1-3-15-13(14)5-9-27-15)22-16-12-18(23-7-10-26-11-8-23)24-17(21-16)4-6-20-24/h1-4,6,12H,5,7-11H2,(H,21,22,25). The zero-order chi connectivity index (χ0) is 18.2. The third-order valence-electron chi connectivity index (χ3n) is 4.90. The zero-order valence-corrected chi connectivity index (χ0v) is 14.7. The molecular formula is C19H19N5O3. The van der Waals surface area contributed by atoms with Crippen LogP contribution in [-0.4, -0.2) is 53.4 Å². The van der Waals surface area contributed by atoms with Crippen molar-refractivity contribution in [1.29, 1.82) is 0 Å². The molecule has 0 unspecified atom stereocenters. The molecule has 8 nitrogen and oxygen atoms in total. The summed E-state index contributed by atoms with van der Waals surface area (Å²) in [4.78, 5) is 19.6. The molecule has 0 radical (unpaired) electrons. The fourth-order valence-corrected chi connectivity index (χ4v) is 3.60. The normalized spacial score (nSPS) is 16.2. The van der Waals surface area contributed by atoms with Gasteiger partial charge < -0.3 is 19.7 Å². The highest BCUT2D eigenvalue weighted by Gasteiger charge is 2.22. The molecule has 8 heteroatoms. The number of hydrogen-bond acceptors (Lipinski definition) is 6. The van der Waals surface area contributed by atoms with Gasteiger partial charge in [-0.2, -0.15) is 9.61 Å². The van der Waals surface area contributed by atoms with Gasteiger partial charge in [-0.15, -0.1) is 0 Å². The van der Waals surface area contributed by atoms with Crippen molar-refractivity contribution in [3.63, 3.8) is 0 Å². The minimum Gasteiger partial charge on any atom is -0.493 e. The average Bonchev–Trinajstić information content (AvgIpc) is 3.36. The summed E-state index contributed by atoms with van der Waals surface area (Å²) in [5.41, 5.74) is 2.28. The van der Waals surface area contributed by atoms with Gasteiger partial charge in [0, 0.05) is 42.8 Å². The summed E-state index contributed by atoms with van der Waals surface area (Å²) in [6.45, 7) is 3.50. The number of nitrogens with one attached hydrogen (secondary N) is 1. The van der Waals surface area contributed by atoms with Crippen molar-refractivity contribution in [3.8, 4) is 5.75 Å². The van der Waals surface area contributed by atoms with Gasteiger partial charge in [-0.25, -0.2) is 4.98 Å². The van der Waals surface area contributed by atoms with Gasteiger partial charge in [-0.1, -0.05) is 6.07 Å². The lowest BCUT2D eigenvalue weighted by molar-refractivity contribution is 0.102. The summed E-state index contributed by atoms with van der Waals surface area (Å²) >= 11 is 0. The van der Waals surface area contributed by atoms with E-state index in [2.05, 4.69) is 20.3 Å². The minimum atomic E-state index is -0.179. The summed E-state index contributed by atoms with van der Waals surface area (Å²) in [5, 5.41) is 7.31. The number of aromatic nitrogens is 3. The molecule has 4 heterocycles. The van der Waals surface area contributed by atoms with Gasteiger partial charge >= 0.3 is 0 Å². The van der Waals surface area contributed by atoms with Gasteiger partial charge in [0.05, 0.1) is 26.0 Å². The Labute approximate surface area is 155 Å². The summed E-state index contributed by atoms with van der Waals surface area (Å²) < 4.78 is 12.8. The Balaban J connectivity index is 1.48. The first kappa shape index (κ1) is 16.1. The fraction of sp³-hybridized carbons (Fsp3) is 0.316. The molecule has 138 valence electrons. The van der Waals surface area contributed by atoms with Crippen LogP contribution in [0.3, 0.4) is 0 Å². The van der Waals surface area contributed by atoms with Crippen molar-refractivity contribution in [2.75, 3.05) is 43.1 Å². The Morgan fingerprint density at radius 2 is 2.04 bits per heavy atom. The second-order valence-electron chi connectivity index (χ2n) is 6.54. The maximum Gasteiger partial charge on any atom is 0.257 e. The Kier molecular flexibility index (Phi) is 3.90. The van der Waals surface area contributed by atoms with E-state index < -0.39 is 0 Å². The molecule has 0 atom stereocenters. The monoisotopic (exact) mass is 365 g/mol. The summed E-state index contributed by atoms with van der Waals surface area (Å²) in [6.07, 6.45) is 2.45. The van der Waals surface area contributed by atoms with Crippen molar-refractivity contribution in [3.05, 3.63) is 47.7 Å². The smallest absolute Gasteiger partial charge is 0.257 e. The van der Waals surface area contributed by atoms with E-state index in [-0.39, 0.29) is 5.91 Å². The SMILES string of the molecule is O=C(Nc1cc(N2CCOCC2)n2nccc2n1)c1cccc2c1CCO2. The average molecular weight is 365 g/mol. The fourth-order valence-electron chi connectivity index (χ4n) is 3.60. The molecule has 1 N–H and O–H groups in total. The van der Waals surface area contributed by atoms with Gasteiger partial charge in [-0.05, 0) is 12.1 Å². The predicted octanol–water partition coefficient (Wildman–Crippen LogP) is 1.75. The van der Waals surface area contributed by atoms with Crippen LogP contribution in [0.5, 0.6) is 5.75 Å². The van der Waals surface area contributed by atoms with Crippen LogP contribution in [0.15, 0.2) is 36.5 Å². The van der Waals surface area contributed by atoms with Gasteiger partial charge in [0.1, 0.15) is 17.4 Å². The van der Waals surface area contributed by atoms with Gasteiger partial charge in [-0.3, -0.25) is 4.79 Å². The third-order valence-corrected chi connectivity index (χ3v) is 4.90. The van der Waals surface area contributed by atoms with Crippen LogP contribution in [0.1, 0.15) is 15.9 Å². The lowest BCUT2D eigenvalue weighted by Gasteiger charge is -2.29. The van der Waals surface area contributed by atoms with E-state index in [1.165, 1.54) is 0 Å². The zero-order valence-electron chi connectivity index (χ0n) is 14.7. The molecule has 3 aromatic rings. The van der Waals surface area contributed by atoms with Crippen molar-refractivity contribution in [1.82, 2.24) is 14.6 Å². The quantitative estimate of drug-likeness (QED) is 0.762. The molecule has 0 bridgehead atoms. The second-order valence-corrected chi connectivity index (χ2v) is 6.54. The first-order valence-electron chi connectivity index (χ1n) is 9.03. The van der Waals surface area contributed by atoms with Gasteiger partial charge in [0.2, 0.25) is 0 Å². The Bertz CT molecular complexity index is 1010. The molecule has 2 aliphatic heterocycles. The first-order chi connectivity index (χ1) is 13.3. The number of fused-ring (bicyclic) bond motifs is 2. The molecule has 2 aromatic heterocycles. The number of rotatable bonds is 3. The Hall–Kier alpha value is -3.13. The van der Waals surface area contributed by atoms with Crippen LogP contribution in [0.25, 0.3) is 5.65 Å². The van der Waals surface area contributed by atoms with Crippen LogP contribution < -0.4 is 15.0 Å². The molecule has 1 fully saturated rings. The van der Waals surface area contributed by atoms with Crippen molar-refractivity contribution < 1.29 is 14.3 Å². The molecular weight excluding hydrogens is 346 g/mol. The van der Waals surface area contributed by atoms with Gasteiger partial charge in [0.15, 0.2) is 5.65 Å². The summed E-state index contributed by atoms with van der Waals surface area (Å²) in [7, 11) is 0.